The van der Waals surface area contributed by atoms with Crippen molar-refractivity contribution in [3.8, 4) is 0 Å². The molecule has 0 radical (unpaired) electrons. The van der Waals surface area contributed by atoms with Crippen LogP contribution in [0.1, 0.15) is 32.1 Å². The monoisotopic (exact) mass is 336 g/mol. The third kappa shape index (κ3) is 3.86. The van der Waals surface area contributed by atoms with Crippen LogP contribution in [0, 0.1) is 5.92 Å². The van der Waals surface area contributed by atoms with Crippen molar-refractivity contribution in [3.63, 3.8) is 0 Å². The first kappa shape index (κ1) is 16.3. The van der Waals surface area contributed by atoms with Gasteiger partial charge in [0.1, 0.15) is 0 Å². The van der Waals surface area contributed by atoms with Gasteiger partial charge in [-0.15, -0.1) is 0 Å². The van der Waals surface area contributed by atoms with Crippen LogP contribution < -0.4 is 10.2 Å². The van der Waals surface area contributed by atoms with E-state index in [0.29, 0.717) is 4.90 Å². The van der Waals surface area contributed by atoms with E-state index < -0.39 is 9.84 Å². The van der Waals surface area contributed by atoms with Gasteiger partial charge in [-0.25, -0.2) is 8.42 Å². The van der Waals surface area contributed by atoms with Crippen molar-refractivity contribution in [2.75, 3.05) is 24.2 Å². The Kier molecular flexibility index (Phi) is 4.62. The zero-order chi connectivity index (χ0) is 16.4. The predicted molar refractivity (Wildman–Crippen MR) is 90.3 cm³/mol. The fraction of sp³-hybridized carbons (Fsp3) is 0.588. The standard InChI is InChI=1S/C17H24N2O3S/c1-23(21,22)16-9-7-15(8-10-16)19-11-3-6-14(12-19)18-17(20)13-4-2-5-13/h7-10,13-14H,2-6,11-12H2,1H3,(H,18,20). The number of carbonyl (C=O) groups excluding carboxylic acids is 1. The molecular formula is C17H24N2O3S. The van der Waals surface area contributed by atoms with Crippen molar-refractivity contribution in [2.24, 2.45) is 5.92 Å². The van der Waals surface area contributed by atoms with Gasteiger partial charge in [0, 0.05) is 37.0 Å². The van der Waals surface area contributed by atoms with Gasteiger partial charge in [0.2, 0.25) is 5.91 Å². The fourth-order valence-corrected chi connectivity index (χ4v) is 3.85. The molecule has 3 rings (SSSR count). The average molecular weight is 336 g/mol. The van der Waals surface area contributed by atoms with E-state index in [0.717, 1.165) is 44.5 Å². The number of amides is 1. The molecule has 5 nitrogen and oxygen atoms in total. The molecule has 2 aliphatic rings. The van der Waals surface area contributed by atoms with Crippen molar-refractivity contribution in [3.05, 3.63) is 24.3 Å². The third-order valence-corrected chi connectivity index (χ3v) is 6.00. The molecule has 1 aliphatic heterocycles. The molecule has 1 atom stereocenters. The van der Waals surface area contributed by atoms with Crippen LogP contribution in [0.3, 0.4) is 0 Å². The molecule has 0 aromatic heterocycles. The van der Waals surface area contributed by atoms with E-state index in [4.69, 9.17) is 0 Å². The summed E-state index contributed by atoms with van der Waals surface area (Å²) in [5, 5.41) is 3.18. The van der Waals surface area contributed by atoms with E-state index in [9.17, 15) is 13.2 Å². The second-order valence-corrected chi connectivity index (χ2v) is 8.70. The molecule has 1 N–H and O–H groups in total. The molecule has 6 heteroatoms. The van der Waals surface area contributed by atoms with Crippen molar-refractivity contribution in [1.29, 1.82) is 0 Å². The summed E-state index contributed by atoms with van der Waals surface area (Å²) in [7, 11) is -3.16. The molecule has 1 aromatic carbocycles. The van der Waals surface area contributed by atoms with Gasteiger partial charge in [-0.1, -0.05) is 6.42 Å². The minimum absolute atomic E-state index is 0.187. The third-order valence-electron chi connectivity index (χ3n) is 4.87. The summed E-state index contributed by atoms with van der Waals surface area (Å²) < 4.78 is 23.1. The quantitative estimate of drug-likeness (QED) is 0.913. The molecule has 2 fully saturated rings. The fourth-order valence-electron chi connectivity index (χ4n) is 3.22. The van der Waals surface area contributed by atoms with E-state index in [2.05, 4.69) is 10.2 Å². The minimum atomic E-state index is -3.16. The smallest absolute Gasteiger partial charge is 0.223 e. The van der Waals surface area contributed by atoms with Gasteiger partial charge in [-0.3, -0.25) is 4.79 Å². The summed E-state index contributed by atoms with van der Waals surface area (Å²) in [6, 6.07) is 7.20. The number of nitrogens with zero attached hydrogens (tertiary/aromatic N) is 1. The highest BCUT2D eigenvalue weighted by atomic mass is 32.2. The summed E-state index contributed by atoms with van der Waals surface area (Å²) in [6.45, 7) is 1.73. The van der Waals surface area contributed by atoms with Crippen LogP contribution in [0.15, 0.2) is 29.2 Å². The topological polar surface area (TPSA) is 66.5 Å². The number of anilines is 1. The van der Waals surface area contributed by atoms with Gasteiger partial charge in [0.15, 0.2) is 9.84 Å². The van der Waals surface area contributed by atoms with Gasteiger partial charge < -0.3 is 10.2 Å². The molecule has 23 heavy (non-hydrogen) atoms. The maximum absolute atomic E-state index is 12.1. The molecule has 126 valence electrons. The maximum Gasteiger partial charge on any atom is 0.223 e. The number of nitrogens with one attached hydrogen (secondary N) is 1. The van der Waals surface area contributed by atoms with Crippen LogP contribution in [-0.4, -0.2) is 39.7 Å². The lowest BCUT2D eigenvalue weighted by Gasteiger charge is -2.36. The van der Waals surface area contributed by atoms with Crippen molar-refractivity contribution < 1.29 is 13.2 Å². The van der Waals surface area contributed by atoms with Crippen molar-refractivity contribution in [1.82, 2.24) is 5.32 Å². The number of rotatable bonds is 4. The molecule has 1 unspecified atom stereocenters. The average Bonchev–Trinajstić information content (AvgIpc) is 2.45. The Morgan fingerprint density at radius 2 is 1.83 bits per heavy atom. The molecule has 0 spiro atoms. The van der Waals surface area contributed by atoms with Crippen molar-refractivity contribution >= 4 is 21.4 Å². The first-order valence-electron chi connectivity index (χ1n) is 8.29. The number of carbonyl (C=O) groups is 1. The van der Waals surface area contributed by atoms with Crippen LogP contribution in [0.5, 0.6) is 0 Å². The number of hydrogen-bond donors (Lipinski definition) is 1. The van der Waals surface area contributed by atoms with Crippen LogP contribution in [0.25, 0.3) is 0 Å². The van der Waals surface area contributed by atoms with Gasteiger partial charge in [-0.05, 0) is 49.9 Å². The highest BCUT2D eigenvalue weighted by Crippen LogP contribution is 2.27. The first-order chi connectivity index (χ1) is 10.9. The van der Waals surface area contributed by atoms with E-state index in [1.165, 1.54) is 12.7 Å². The van der Waals surface area contributed by atoms with Gasteiger partial charge in [-0.2, -0.15) is 0 Å². The first-order valence-corrected chi connectivity index (χ1v) is 10.2. The number of benzene rings is 1. The summed E-state index contributed by atoms with van der Waals surface area (Å²) in [4.78, 5) is 14.7. The van der Waals surface area contributed by atoms with Gasteiger partial charge >= 0.3 is 0 Å². The molecule has 1 saturated carbocycles. The van der Waals surface area contributed by atoms with E-state index in [-0.39, 0.29) is 17.9 Å². The number of piperidine rings is 1. The lowest BCUT2D eigenvalue weighted by molar-refractivity contribution is -0.128. The van der Waals surface area contributed by atoms with Gasteiger partial charge in [0.25, 0.3) is 0 Å². The highest BCUT2D eigenvalue weighted by molar-refractivity contribution is 7.90. The molecular weight excluding hydrogens is 312 g/mol. The second kappa shape index (κ2) is 6.51. The Balaban J connectivity index is 1.62. The van der Waals surface area contributed by atoms with E-state index >= 15 is 0 Å². The lowest BCUT2D eigenvalue weighted by Crippen LogP contribution is -2.50. The Bertz CT molecular complexity index is 666. The van der Waals surface area contributed by atoms with Gasteiger partial charge in [0.05, 0.1) is 4.90 Å². The zero-order valence-corrected chi connectivity index (χ0v) is 14.3. The normalized spacial score (nSPS) is 22.5. The SMILES string of the molecule is CS(=O)(=O)c1ccc(N2CCCC(NC(=O)C3CCC3)C2)cc1. The van der Waals surface area contributed by atoms with Crippen LogP contribution in [0.2, 0.25) is 0 Å². The second-order valence-electron chi connectivity index (χ2n) is 6.69. The highest BCUT2D eigenvalue weighted by Gasteiger charge is 2.28. The lowest BCUT2D eigenvalue weighted by atomic mass is 9.84. The summed E-state index contributed by atoms with van der Waals surface area (Å²) in [5.74, 6) is 0.426. The summed E-state index contributed by atoms with van der Waals surface area (Å²) in [6.07, 6.45) is 6.47. The molecule has 1 heterocycles. The van der Waals surface area contributed by atoms with E-state index in [1.54, 1.807) is 12.1 Å². The Morgan fingerprint density at radius 1 is 1.13 bits per heavy atom. The molecule has 1 aromatic rings. The predicted octanol–water partition coefficient (Wildman–Crippen LogP) is 1.98. The molecule has 0 bridgehead atoms. The summed E-state index contributed by atoms with van der Waals surface area (Å²) in [5.41, 5.74) is 1.01. The Labute approximate surface area is 138 Å². The zero-order valence-electron chi connectivity index (χ0n) is 13.5. The van der Waals surface area contributed by atoms with Crippen molar-refractivity contribution in [2.45, 2.75) is 43.0 Å². The molecule has 1 amide bonds. The molecule has 1 aliphatic carbocycles. The van der Waals surface area contributed by atoms with Crippen LogP contribution in [0.4, 0.5) is 5.69 Å². The van der Waals surface area contributed by atoms with Crippen LogP contribution in [-0.2, 0) is 14.6 Å². The minimum Gasteiger partial charge on any atom is -0.369 e. The number of hydrogen-bond acceptors (Lipinski definition) is 4. The Morgan fingerprint density at radius 3 is 2.39 bits per heavy atom. The van der Waals surface area contributed by atoms with Crippen LogP contribution >= 0.6 is 0 Å². The summed E-state index contributed by atoms with van der Waals surface area (Å²) >= 11 is 0. The maximum atomic E-state index is 12.1. The van der Waals surface area contributed by atoms with E-state index in [1.807, 2.05) is 12.1 Å². The molecule has 1 saturated heterocycles. The number of sulfone groups is 1. The Hall–Kier alpha value is -1.56. The largest absolute Gasteiger partial charge is 0.369 e.